The maximum atomic E-state index is 12.3. The first-order valence-corrected chi connectivity index (χ1v) is 6.81. The number of nitrogens with two attached hydrogens (primary N) is 1. The van der Waals surface area contributed by atoms with Crippen LogP contribution in [0, 0.1) is 5.92 Å². The lowest BCUT2D eigenvalue weighted by Crippen LogP contribution is -2.40. The molecule has 2 N–H and O–H groups in total. The highest BCUT2D eigenvalue weighted by molar-refractivity contribution is 5.85. The van der Waals surface area contributed by atoms with E-state index in [1.807, 2.05) is 37.4 Å². The van der Waals surface area contributed by atoms with Crippen molar-refractivity contribution in [1.29, 1.82) is 0 Å². The zero-order valence-electron chi connectivity index (χ0n) is 11.8. The molecule has 1 aliphatic rings. The fourth-order valence-electron chi connectivity index (χ4n) is 2.47. The summed E-state index contributed by atoms with van der Waals surface area (Å²) in [6.45, 7) is 2.31. The van der Waals surface area contributed by atoms with Gasteiger partial charge in [0.25, 0.3) is 0 Å². The van der Waals surface area contributed by atoms with Crippen LogP contribution in [0.4, 0.5) is 0 Å². The monoisotopic (exact) mass is 298 g/mol. The third kappa shape index (κ3) is 4.47. The highest BCUT2D eigenvalue weighted by Crippen LogP contribution is 2.17. The predicted octanol–water partition coefficient (Wildman–Crippen LogP) is 1.99. The van der Waals surface area contributed by atoms with E-state index in [1.54, 1.807) is 4.90 Å². The van der Waals surface area contributed by atoms with E-state index < -0.39 is 6.04 Å². The average Bonchev–Trinajstić information content (AvgIpc) is 2.47. The van der Waals surface area contributed by atoms with Crippen molar-refractivity contribution in [2.45, 2.75) is 18.9 Å². The van der Waals surface area contributed by atoms with E-state index in [2.05, 4.69) is 0 Å². The Morgan fingerprint density at radius 3 is 2.75 bits per heavy atom. The third-order valence-electron chi connectivity index (χ3n) is 3.59. The molecule has 5 heteroatoms. The molecule has 0 aliphatic carbocycles. The van der Waals surface area contributed by atoms with Gasteiger partial charge in [0.15, 0.2) is 0 Å². The van der Waals surface area contributed by atoms with Crippen LogP contribution in [0.2, 0.25) is 0 Å². The number of ether oxygens (including phenoxy) is 1. The molecular weight excluding hydrogens is 276 g/mol. The minimum absolute atomic E-state index is 0. The Morgan fingerprint density at radius 2 is 2.15 bits per heavy atom. The van der Waals surface area contributed by atoms with Crippen molar-refractivity contribution in [2.24, 2.45) is 11.7 Å². The summed E-state index contributed by atoms with van der Waals surface area (Å²) < 4.78 is 5.44. The van der Waals surface area contributed by atoms with Crippen molar-refractivity contribution in [2.75, 3.05) is 26.8 Å². The highest BCUT2D eigenvalue weighted by atomic mass is 35.5. The second kappa shape index (κ2) is 8.25. The summed E-state index contributed by atoms with van der Waals surface area (Å²) in [5.41, 5.74) is 6.88. The lowest BCUT2D eigenvalue weighted by molar-refractivity contribution is -0.132. The van der Waals surface area contributed by atoms with Gasteiger partial charge in [-0.15, -0.1) is 12.4 Å². The number of rotatable bonds is 4. The maximum absolute atomic E-state index is 12.3. The Hall–Kier alpha value is -1.10. The van der Waals surface area contributed by atoms with E-state index in [-0.39, 0.29) is 18.3 Å². The van der Waals surface area contributed by atoms with Crippen LogP contribution in [0.5, 0.6) is 0 Å². The molecule has 2 rings (SSSR count). The van der Waals surface area contributed by atoms with Crippen molar-refractivity contribution in [3.05, 3.63) is 35.9 Å². The van der Waals surface area contributed by atoms with Gasteiger partial charge in [-0.05, 0) is 24.3 Å². The van der Waals surface area contributed by atoms with E-state index in [0.29, 0.717) is 5.92 Å². The summed E-state index contributed by atoms with van der Waals surface area (Å²) in [4.78, 5) is 14.0. The minimum Gasteiger partial charge on any atom is -0.381 e. The van der Waals surface area contributed by atoms with Crippen LogP contribution in [0.3, 0.4) is 0 Å². The quantitative estimate of drug-likeness (QED) is 0.925. The zero-order valence-corrected chi connectivity index (χ0v) is 12.6. The third-order valence-corrected chi connectivity index (χ3v) is 3.59. The molecule has 0 saturated carbocycles. The normalized spacial score (nSPS) is 19.8. The number of likely N-dealkylation sites (N-methyl/N-ethyl adjacent to an activating group) is 1. The Balaban J connectivity index is 0.00000200. The second-order valence-corrected chi connectivity index (χ2v) is 5.19. The molecule has 0 spiro atoms. The fraction of sp³-hybridized carbons (Fsp3) is 0.533. The number of carbonyl (C=O) groups is 1. The van der Waals surface area contributed by atoms with Crippen molar-refractivity contribution in [3.63, 3.8) is 0 Å². The number of hydrogen-bond donors (Lipinski definition) is 1. The summed E-state index contributed by atoms with van der Waals surface area (Å²) in [6.07, 6.45) is 2.20. The fourth-order valence-corrected chi connectivity index (χ4v) is 2.47. The number of nitrogens with zero attached hydrogens (tertiary/aromatic N) is 1. The molecule has 112 valence electrons. The molecule has 1 aromatic carbocycles. The van der Waals surface area contributed by atoms with Gasteiger partial charge < -0.3 is 15.4 Å². The Labute approximate surface area is 126 Å². The Kier molecular flexibility index (Phi) is 6.99. The second-order valence-electron chi connectivity index (χ2n) is 5.19. The molecule has 0 radical (unpaired) electrons. The lowest BCUT2D eigenvalue weighted by Gasteiger charge is -2.28. The minimum atomic E-state index is -0.573. The largest absolute Gasteiger partial charge is 0.381 e. The first kappa shape index (κ1) is 17.0. The summed E-state index contributed by atoms with van der Waals surface area (Å²) >= 11 is 0. The van der Waals surface area contributed by atoms with Crippen LogP contribution in [0.25, 0.3) is 0 Å². The molecule has 1 amide bonds. The van der Waals surface area contributed by atoms with Crippen LogP contribution >= 0.6 is 12.4 Å². The molecule has 0 bridgehead atoms. The molecule has 4 nitrogen and oxygen atoms in total. The predicted molar refractivity (Wildman–Crippen MR) is 81.8 cm³/mol. The standard InChI is InChI=1S/C15H22N2O2.ClH/c1-17(10-12-6-5-9-19-11-12)15(18)14(16)13-7-3-2-4-8-13;/h2-4,7-8,12,14H,5-6,9-11,16H2,1H3;1H. The summed E-state index contributed by atoms with van der Waals surface area (Å²) in [5.74, 6) is 0.405. The van der Waals surface area contributed by atoms with Gasteiger partial charge in [-0.3, -0.25) is 4.79 Å². The molecule has 1 saturated heterocycles. The molecule has 2 unspecified atom stereocenters. The highest BCUT2D eigenvalue weighted by Gasteiger charge is 2.23. The van der Waals surface area contributed by atoms with Gasteiger partial charge in [0, 0.05) is 20.2 Å². The molecule has 2 atom stereocenters. The van der Waals surface area contributed by atoms with Crippen molar-refractivity contribution < 1.29 is 9.53 Å². The number of carbonyl (C=O) groups excluding carboxylic acids is 1. The molecule has 1 aliphatic heterocycles. The first-order valence-electron chi connectivity index (χ1n) is 6.81. The number of halogens is 1. The van der Waals surface area contributed by atoms with Crippen molar-refractivity contribution in [1.82, 2.24) is 4.90 Å². The summed E-state index contributed by atoms with van der Waals surface area (Å²) in [6, 6.07) is 8.93. The molecular formula is C15H23ClN2O2. The smallest absolute Gasteiger partial charge is 0.243 e. The van der Waals surface area contributed by atoms with Crippen molar-refractivity contribution in [3.8, 4) is 0 Å². The van der Waals surface area contributed by atoms with Gasteiger partial charge in [0.05, 0.1) is 6.61 Å². The average molecular weight is 299 g/mol. The zero-order chi connectivity index (χ0) is 13.7. The van der Waals surface area contributed by atoms with Crippen LogP contribution in [-0.4, -0.2) is 37.6 Å². The number of hydrogen-bond acceptors (Lipinski definition) is 3. The molecule has 20 heavy (non-hydrogen) atoms. The van der Waals surface area contributed by atoms with Gasteiger partial charge in [-0.2, -0.15) is 0 Å². The lowest BCUT2D eigenvalue weighted by atomic mass is 10.0. The van der Waals surface area contributed by atoms with Crippen molar-refractivity contribution >= 4 is 18.3 Å². The van der Waals surface area contributed by atoms with E-state index in [4.69, 9.17) is 10.5 Å². The summed E-state index contributed by atoms with van der Waals surface area (Å²) in [5, 5.41) is 0. The molecule has 1 aromatic rings. The molecule has 0 aromatic heterocycles. The van der Waals surface area contributed by atoms with Gasteiger partial charge >= 0.3 is 0 Å². The van der Waals surface area contributed by atoms with E-state index >= 15 is 0 Å². The van der Waals surface area contributed by atoms with Crippen LogP contribution in [-0.2, 0) is 9.53 Å². The van der Waals surface area contributed by atoms with Crippen LogP contribution in [0.1, 0.15) is 24.4 Å². The Morgan fingerprint density at radius 1 is 1.45 bits per heavy atom. The van der Waals surface area contributed by atoms with E-state index in [1.165, 1.54) is 0 Å². The van der Waals surface area contributed by atoms with Crippen LogP contribution < -0.4 is 5.73 Å². The first-order chi connectivity index (χ1) is 9.18. The molecule has 1 fully saturated rings. The number of benzene rings is 1. The Bertz CT molecular complexity index is 408. The van der Waals surface area contributed by atoms with Gasteiger partial charge in [0.1, 0.15) is 6.04 Å². The van der Waals surface area contributed by atoms with Crippen LogP contribution in [0.15, 0.2) is 30.3 Å². The topological polar surface area (TPSA) is 55.6 Å². The van der Waals surface area contributed by atoms with E-state index in [9.17, 15) is 4.79 Å². The molecule has 1 heterocycles. The van der Waals surface area contributed by atoms with Gasteiger partial charge in [-0.1, -0.05) is 30.3 Å². The summed E-state index contributed by atoms with van der Waals surface area (Å²) in [7, 11) is 1.82. The van der Waals surface area contributed by atoms with Gasteiger partial charge in [0.2, 0.25) is 5.91 Å². The van der Waals surface area contributed by atoms with E-state index in [0.717, 1.165) is 38.2 Å². The number of amides is 1. The van der Waals surface area contributed by atoms with Gasteiger partial charge in [-0.25, -0.2) is 0 Å². The SMILES string of the molecule is CN(CC1CCCOC1)C(=O)C(N)c1ccccc1.Cl. The maximum Gasteiger partial charge on any atom is 0.243 e.